The van der Waals surface area contributed by atoms with E-state index in [0.29, 0.717) is 13.0 Å². The molecule has 0 fully saturated rings. The van der Waals surface area contributed by atoms with Crippen molar-refractivity contribution < 1.29 is 14.3 Å². The van der Waals surface area contributed by atoms with Gasteiger partial charge in [-0.3, -0.25) is 9.59 Å². The first-order valence-electron chi connectivity index (χ1n) is 11.3. The summed E-state index contributed by atoms with van der Waals surface area (Å²) >= 11 is 0. The fourth-order valence-electron chi connectivity index (χ4n) is 4.35. The average Bonchev–Trinajstić information content (AvgIpc) is 3.17. The molecular formula is C26H37N3O3. The number of rotatable bonds is 5. The van der Waals surface area contributed by atoms with E-state index in [4.69, 9.17) is 4.74 Å². The summed E-state index contributed by atoms with van der Waals surface area (Å²) in [6.45, 7) is 13.5. The van der Waals surface area contributed by atoms with Crippen molar-refractivity contribution in [3.8, 4) is 5.75 Å². The molecule has 0 saturated carbocycles. The molecule has 1 atom stereocenters. The lowest BCUT2D eigenvalue weighted by Gasteiger charge is -2.41. The Hall–Kier alpha value is -2.76. The number of benzene rings is 1. The number of amides is 2. The van der Waals surface area contributed by atoms with Crippen LogP contribution >= 0.6 is 0 Å². The van der Waals surface area contributed by atoms with Gasteiger partial charge in [-0.05, 0) is 44.4 Å². The average molecular weight is 440 g/mol. The first-order valence-corrected chi connectivity index (χ1v) is 11.3. The number of nitrogens with zero attached hydrogens (tertiary/aromatic N) is 3. The number of para-hydroxylation sites is 1. The molecule has 0 saturated heterocycles. The molecule has 1 aromatic carbocycles. The van der Waals surface area contributed by atoms with Crippen LogP contribution in [0.4, 0.5) is 0 Å². The fourth-order valence-corrected chi connectivity index (χ4v) is 4.35. The van der Waals surface area contributed by atoms with Crippen LogP contribution in [0.5, 0.6) is 5.75 Å². The first kappa shape index (κ1) is 23.9. The van der Waals surface area contributed by atoms with E-state index in [1.165, 1.54) is 0 Å². The zero-order valence-corrected chi connectivity index (χ0v) is 20.5. The second-order valence-corrected chi connectivity index (χ2v) is 10.7. The Morgan fingerprint density at radius 1 is 1.03 bits per heavy atom. The number of fused-ring (bicyclic) bond motifs is 1. The van der Waals surface area contributed by atoms with E-state index in [2.05, 4.69) is 10.6 Å². The van der Waals surface area contributed by atoms with Crippen LogP contribution in [0.2, 0.25) is 0 Å². The van der Waals surface area contributed by atoms with Gasteiger partial charge >= 0.3 is 0 Å². The standard InChI is InChI=1S/C26H37N3O3/c1-25(2,3)17-22(30)29(26(4,5)6)18-23(31)28-16-15-27-14-10-12-20(27)24(28)19-11-8-9-13-21(19)32-7/h8-14,24H,15-18H2,1-7H3. The molecule has 0 aliphatic carbocycles. The maximum Gasteiger partial charge on any atom is 0.243 e. The van der Waals surface area contributed by atoms with Gasteiger partial charge in [0, 0.05) is 42.5 Å². The summed E-state index contributed by atoms with van der Waals surface area (Å²) < 4.78 is 7.82. The topological polar surface area (TPSA) is 54.8 Å². The Morgan fingerprint density at radius 2 is 1.72 bits per heavy atom. The molecule has 0 bridgehead atoms. The lowest BCUT2D eigenvalue weighted by atomic mass is 9.90. The highest BCUT2D eigenvalue weighted by Gasteiger charge is 2.37. The fraction of sp³-hybridized carbons (Fsp3) is 0.538. The van der Waals surface area contributed by atoms with Crippen LogP contribution in [0.1, 0.15) is 65.3 Å². The summed E-state index contributed by atoms with van der Waals surface area (Å²) in [6, 6.07) is 11.6. The minimum Gasteiger partial charge on any atom is -0.496 e. The van der Waals surface area contributed by atoms with Gasteiger partial charge in [0.15, 0.2) is 0 Å². The van der Waals surface area contributed by atoms with Gasteiger partial charge < -0.3 is 19.1 Å². The predicted molar refractivity (Wildman–Crippen MR) is 127 cm³/mol. The molecule has 32 heavy (non-hydrogen) atoms. The van der Waals surface area contributed by atoms with Crippen molar-refractivity contribution in [2.75, 3.05) is 20.2 Å². The summed E-state index contributed by atoms with van der Waals surface area (Å²) in [5.74, 6) is 0.708. The van der Waals surface area contributed by atoms with E-state index in [1.54, 1.807) is 12.0 Å². The van der Waals surface area contributed by atoms with Crippen molar-refractivity contribution in [3.63, 3.8) is 0 Å². The van der Waals surface area contributed by atoms with E-state index in [0.717, 1.165) is 23.6 Å². The number of carbonyl (C=O) groups excluding carboxylic acids is 2. The van der Waals surface area contributed by atoms with Gasteiger partial charge in [0.2, 0.25) is 11.8 Å². The summed E-state index contributed by atoms with van der Waals surface area (Å²) in [4.78, 5) is 30.5. The third kappa shape index (κ3) is 5.17. The second kappa shape index (κ2) is 9.00. The Bertz CT molecular complexity index is 965. The van der Waals surface area contributed by atoms with Gasteiger partial charge in [0.1, 0.15) is 18.3 Å². The molecule has 2 amide bonds. The summed E-state index contributed by atoms with van der Waals surface area (Å²) in [5, 5.41) is 0. The third-order valence-electron chi connectivity index (χ3n) is 5.88. The summed E-state index contributed by atoms with van der Waals surface area (Å²) in [6.07, 6.45) is 2.45. The van der Waals surface area contributed by atoms with Gasteiger partial charge in [-0.1, -0.05) is 39.0 Å². The molecule has 1 unspecified atom stereocenters. The van der Waals surface area contributed by atoms with Crippen LogP contribution in [-0.4, -0.2) is 51.9 Å². The molecule has 6 heteroatoms. The van der Waals surface area contributed by atoms with Gasteiger partial charge in [0.25, 0.3) is 0 Å². The Morgan fingerprint density at radius 3 is 2.34 bits per heavy atom. The minimum absolute atomic E-state index is 0.00702. The van der Waals surface area contributed by atoms with Crippen LogP contribution < -0.4 is 4.74 Å². The monoisotopic (exact) mass is 439 g/mol. The normalized spacial score (nSPS) is 16.5. The number of aromatic nitrogens is 1. The van der Waals surface area contributed by atoms with E-state index in [-0.39, 0.29) is 29.8 Å². The van der Waals surface area contributed by atoms with Crippen LogP contribution in [0.3, 0.4) is 0 Å². The molecule has 0 spiro atoms. The largest absolute Gasteiger partial charge is 0.496 e. The molecule has 174 valence electrons. The van der Waals surface area contributed by atoms with E-state index >= 15 is 0 Å². The molecule has 2 aromatic rings. The predicted octanol–water partition coefficient (Wildman–Crippen LogP) is 4.49. The van der Waals surface area contributed by atoms with E-state index in [1.807, 2.05) is 83.0 Å². The van der Waals surface area contributed by atoms with Crippen molar-refractivity contribution in [1.29, 1.82) is 0 Å². The van der Waals surface area contributed by atoms with Crippen molar-refractivity contribution in [3.05, 3.63) is 53.9 Å². The van der Waals surface area contributed by atoms with Crippen LogP contribution in [0.15, 0.2) is 42.6 Å². The van der Waals surface area contributed by atoms with Crippen LogP contribution in [0, 0.1) is 5.41 Å². The molecule has 0 radical (unpaired) electrons. The van der Waals surface area contributed by atoms with Gasteiger partial charge in [-0.2, -0.15) is 0 Å². The van der Waals surface area contributed by atoms with Gasteiger partial charge in [-0.25, -0.2) is 0 Å². The number of hydrogen-bond donors (Lipinski definition) is 0. The lowest BCUT2D eigenvalue weighted by molar-refractivity contribution is -0.147. The van der Waals surface area contributed by atoms with Crippen LogP contribution in [-0.2, 0) is 16.1 Å². The van der Waals surface area contributed by atoms with E-state index < -0.39 is 5.54 Å². The minimum atomic E-state index is -0.450. The smallest absolute Gasteiger partial charge is 0.243 e. The highest BCUT2D eigenvalue weighted by Crippen LogP contribution is 2.37. The summed E-state index contributed by atoms with van der Waals surface area (Å²) in [7, 11) is 1.65. The SMILES string of the molecule is COc1ccccc1C1c2cccn2CCN1C(=O)CN(C(=O)CC(C)(C)C)C(C)(C)C. The first-order chi connectivity index (χ1) is 14.9. The molecule has 6 nitrogen and oxygen atoms in total. The molecule has 1 aliphatic heterocycles. The highest BCUT2D eigenvalue weighted by atomic mass is 16.5. The molecule has 2 heterocycles. The van der Waals surface area contributed by atoms with Crippen molar-refractivity contribution in [2.45, 2.75) is 66.1 Å². The maximum atomic E-state index is 13.7. The van der Waals surface area contributed by atoms with Crippen molar-refractivity contribution >= 4 is 11.8 Å². The zero-order valence-electron chi connectivity index (χ0n) is 20.5. The number of carbonyl (C=O) groups is 2. The quantitative estimate of drug-likeness (QED) is 0.690. The summed E-state index contributed by atoms with van der Waals surface area (Å²) in [5.41, 5.74) is 1.41. The molecule has 1 aromatic heterocycles. The highest BCUT2D eigenvalue weighted by molar-refractivity contribution is 5.86. The third-order valence-corrected chi connectivity index (χ3v) is 5.88. The Labute approximate surface area is 192 Å². The second-order valence-electron chi connectivity index (χ2n) is 10.7. The van der Waals surface area contributed by atoms with Gasteiger partial charge in [-0.15, -0.1) is 0 Å². The molecule has 3 rings (SSSR count). The van der Waals surface area contributed by atoms with Gasteiger partial charge in [0.05, 0.1) is 7.11 Å². The van der Waals surface area contributed by atoms with E-state index in [9.17, 15) is 9.59 Å². The number of ether oxygens (including phenoxy) is 1. The zero-order chi connectivity index (χ0) is 23.7. The van der Waals surface area contributed by atoms with Crippen LogP contribution in [0.25, 0.3) is 0 Å². The number of hydrogen-bond acceptors (Lipinski definition) is 3. The maximum absolute atomic E-state index is 13.7. The molecule has 1 aliphatic rings. The molecule has 0 N–H and O–H groups in total. The number of methoxy groups -OCH3 is 1. The molecular weight excluding hydrogens is 402 g/mol. The van der Waals surface area contributed by atoms with Crippen molar-refractivity contribution in [2.24, 2.45) is 5.41 Å². The van der Waals surface area contributed by atoms with Crippen molar-refractivity contribution in [1.82, 2.24) is 14.4 Å². The Kier molecular flexibility index (Phi) is 6.72. The lowest BCUT2D eigenvalue weighted by Crippen LogP contribution is -2.53. The Balaban J connectivity index is 1.95.